The van der Waals surface area contributed by atoms with Gasteiger partial charge >= 0.3 is 0 Å². The topological polar surface area (TPSA) is 85.4 Å². The number of hydrogen-bond donors (Lipinski definition) is 0. The first-order valence-corrected chi connectivity index (χ1v) is 13.3. The van der Waals surface area contributed by atoms with E-state index in [1.54, 1.807) is 35.2 Å². The molecule has 2 aromatic carbocycles. The van der Waals surface area contributed by atoms with E-state index in [-0.39, 0.29) is 17.4 Å². The molecule has 0 aromatic heterocycles. The summed E-state index contributed by atoms with van der Waals surface area (Å²) in [5, 5.41) is 0.175. The van der Waals surface area contributed by atoms with E-state index >= 15 is 0 Å². The second-order valence-corrected chi connectivity index (χ2v) is 10.2. The maximum Gasteiger partial charge on any atom is 0.294 e. The average molecular weight is 596 g/mol. The molecule has 190 valence electrons. The molecule has 0 radical (unpaired) electrons. The molecule has 0 saturated carbocycles. The molecular weight excluding hydrogens is 572 g/mol. The Kier molecular flexibility index (Phi) is 8.95. The molecule has 0 spiro atoms. The fourth-order valence-electron chi connectivity index (χ4n) is 3.65. The number of thioether (sulfide) groups is 1. The van der Waals surface area contributed by atoms with Crippen molar-refractivity contribution in [1.29, 1.82) is 0 Å². The van der Waals surface area contributed by atoms with Gasteiger partial charge in [-0.25, -0.2) is 0 Å². The summed E-state index contributed by atoms with van der Waals surface area (Å²) in [5.74, 6) is 0.246. The number of imide groups is 1. The van der Waals surface area contributed by atoms with Crippen molar-refractivity contribution in [2.24, 2.45) is 0 Å². The number of carbonyl (C=O) groups is 3. The summed E-state index contributed by atoms with van der Waals surface area (Å²) < 4.78 is 17.7. The molecule has 0 unspecified atom stereocenters. The Labute approximate surface area is 226 Å². The number of morpholine rings is 1. The lowest BCUT2D eigenvalue weighted by molar-refractivity contribution is -0.139. The Morgan fingerprint density at radius 2 is 1.89 bits per heavy atom. The van der Waals surface area contributed by atoms with Gasteiger partial charge in [-0.1, -0.05) is 23.7 Å². The molecule has 8 nitrogen and oxygen atoms in total. The van der Waals surface area contributed by atoms with Crippen molar-refractivity contribution in [3.8, 4) is 11.5 Å². The van der Waals surface area contributed by atoms with Crippen LogP contribution in [0.15, 0.2) is 45.8 Å². The summed E-state index contributed by atoms with van der Waals surface area (Å²) >= 11 is 10.3. The van der Waals surface area contributed by atoms with Crippen LogP contribution in [0.2, 0.25) is 5.02 Å². The zero-order valence-corrected chi connectivity index (χ0v) is 22.7. The Bertz CT molecular complexity index is 1180. The number of benzene rings is 2. The van der Waals surface area contributed by atoms with Crippen molar-refractivity contribution < 1.29 is 28.6 Å². The maximum atomic E-state index is 12.9. The van der Waals surface area contributed by atoms with Gasteiger partial charge in [0.1, 0.15) is 13.2 Å². The van der Waals surface area contributed by atoms with E-state index in [0.29, 0.717) is 66.1 Å². The minimum atomic E-state index is -0.497. The number of rotatable bonds is 8. The Morgan fingerprint density at radius 1 is 1.17 bits per heavy atom. The van der Waals surface area contributed by atoms with Gasteiger partial charge in [0.2, 0.25) is 5.91 Å². The van der Waals surface area contributed by atoms with Gasteiger partial charge < -0.3 is 19.1 Å². The number of hydrogen-bond acceptors (Lipinski definition) is 7. The molecule has 2 fully saturated rings. The minimum Gasteiger partial charge on any atom is -0.490 e. The zero-order chi connectivity index (χ0) is 25.7. The second kappa shape index (κ2) is 12.1. The predicted octanol–water partition coefficient (Wildman–Crippen LogP) is 4.98. The molecule has 2 heterocycles. The van der Waals surface area contributed by atoms with E-state index in [1.807, 2.05) is 19.1 Å². The van der Waals surface area contributed by atoms with Crippen molar-refractivity contribution in [2.75, 3.05) is 39.5 Å². The first-order valence-electron chi connectivity index (χ1n) is 11.3. The van der Waals surface area contributed by atoms with Crippen LogP contribution in [0, 0.1) is 0 Å². The highest BCUT2D eigenvalue weighted by Crippen LogP contribution is 2.39. The molecular formula is C25H24BrClN2O6S. The smallest absolute Gasteiger partial charge is 0.294 e. The van der Waals surface area contributed by atoms with Crippen molar-refractivity contribution in [3.05, 3.63) is 61.9 Å². The van der Waals surface area contributed by atoms with Crippen molar-refractivity contribution >= 4 is 62.4 Å². The highest BCUT2D eigenvalue weighted by molar-refractivity contribution is 9.10. The lowest BCUT2D eigenvalue weighted by Crippen LogP contribution is -2.46. The lowest BCUT2D eigenvalue weighted by atomic mass is 10.1. The Hall–Kier alpha value is -2.53. The molecule has 0 N–H and O–H groups in total. The Morgan fingerprint density at radius 3 is 2.58 bits per heavy atom. The monoisotopic (exact) mass is 594 g/mol. The van der Waals surface area contributed by atoms with Crippen LogP contribution in [0.1, 0.15) is 18.1 Å². The van der Waals surface area contributed by atoms with E-state index in [1.165, 1.54) is 0 Å². The molecule has 0 aliphatic carbocycles. The molecule has 36 heavy (non-hydrogen) atoms. The SMILES string of the molecule is CCOc1cc(/C=C2\SC(=O)N(CC(=O)N3CCOCC3)C2=O)cc(Br)c1OCc1ccc(Cl)cc1. The van der Waals surface area contributed by atoms with Crippen LogP contribution in [0.25, 0.3) is 6.08 Å². The lowest BCUT2D eigenvalue weighted by Gasteiger charge is -2.28. The Balaban J connectivity index is 1.50. The van der Waals surface area contributed by atoms with Gasteiger partial charge in [-0.2, -0.15) is 0 Å². The molecule has 2 saturated heterocycles. The standard InChI is InChI=1S/C25H24BrClN2O6S/c1-2-34-20-12-17(11-19(26)23(20)35-15-16-3-5-18(27)6-4-16)13-21-24(31)29(25(32)36-21)14-22(30)28-7-9-33-10-8-28/h3-6,11-13H,2,7-10,14-15H2,1H3/b21-13-. The fraction of sp³-hybridized carbons (Fsp3) is 0.320. The molecule has 2 aliphatic heterocycles. The average Bonchev–Trinajstić information content (AvgIpc) is 3.12. The summed E-state index contributed by atoms with van der Waals surface area (Å²) in [6.07, 6.45) is 1.61. The number of nitrogens with zero attached hydrogens (tertiary/aromatic N) is 2. The van der Waals surface area contributed by atoms with E-state index < -0.39 is 11.1 Å². The highest BCUT2D eigenvalue weighted by Gasteiger charge is 2.37. The summed E-state index contributed by atoms with van der Waals surface area (Å²) in [6.45, 7) is 4.09. The largest absolute Gasteiger partial charge is 0.490 e. The third-order valence-electron chi connectivity index (χ3n) is 5.46. The molecule has 11 heteroatoms. The van der Waals surface area contributed by atoms with Crippen LogP contribution < -0.4 is 9.47 Å². The quantitative estimate of drug-likeness (QED) is 0.398. The van der Waals surface area contributed by atoms with Crippen LogP contribution in [0.3, 0.4) is 0 Å². The van der Waals surface area contributed by atoms with Crippen LogP contribution in [-0.2, 0) is 20.9 Å². The van der Waals surface area contributed by atoms with Gasteiger partial charge in [0.25, 0.3) is 11.1 Å². The first kappa shape index (κ1) is 26.5. The zero-order valence-electron chi connectivity index (χ0n) is 19.5. The normalized spacial score (nSPS) is 17.1. The number of carbonyl (C=O) groups excluding carboxylic acids is 3. The second-order valence-electron chi connectivity index (χ2n) is 7.94. The summed E-state index contributed by atoms with van der Waals surface area (Å²) in [6, 6.07) is 10.9. The van der Waals surface area contributed by atoms with Gasteiger partial charge in [0, 0.05) is 18.1 Å². The van der Waals surface area contributed by atoms with Crippen molar-refractivity contribution in [1.82, 2.24) is 9.80 Å². The fourth-order valence-corrected chi connectivity index (χ4v) is 5.18. The van der Waals surface area contributed by atoms with E-state index in [2.05, 4.69) is 15.9 Å². The van der Waals surface area contributed by atoms with E-state index in [4.69, 9.17) is 25.8 Å². The first-order chi connectivity index (χ1) is 17.4. The number of ether oxygens (including phenoxy) is 3. The van der Waals surface area contributed by atoms with Crippen LogP contribution in [0.5, 0.6) is 11.5 Å². The van der Waals surface area contributed by atoms with Gasteiger partial charge in [0.15, 0.2) is 11.5 Å². The van der Waals surface area contributed by atoms with Gasteiger partial charge in [-0.3, -0.25) is 19.3 Å². The molecule has 3 amide bonds. The van der Waals surface area contributed by atoms with Crippen molar-refractivity contribution in [2.45, 2.75) is 13.5 Å². The number of halogens is 2. The summed E-state index contributed by atoms with van der Waals surface area (Å²) in [7, 11) is 0. The van der Waals surface area contributed by atoms with Crippen LogP contribution >= 0.6 is 39.3 Å². The van der Waals surface area contributed by atoms with Gasteiger partial charge in [0.05, 0.1) is 29.2 Å². The van der Waals surface area contributed by atoms with Crippen LogP contribution in [0.4, 0.5) is 4.79 Å². The molecule has 0 atom stereocenters. The minimum absolute atomic E-state index is 0.235. The molecule has 4 rings (SSSR count). The third kappa shape index (κ3) is 6.42. The van der Waals surface area contributed by atoms with E-state index in [9.17, 15) is 14.4 Å². The molecule has 0 bridgehead atoms. The van der Waals surface area contributed by atoms with Crippen LogP contribution in [-0.4, -0.2) is 66.3 Å². The maximum absolute atomic E-state index is 12.9. The molecule has 2 aliphatic rings. The van der Waals surface area contributed by atoms with Gasteiger partial charge in [-0.05, 0) is 76.1 Å². The highest BCUT2D eigenvalue weighted by atomic mass is 79.9. The van der Waals surface area contributed by atoms with Gasteiger partial charge in [-0.15, -0.1) is 0 Å². The molecule has 2 aromatic rings. The number of amides is 3. The summed E-state index contributed by atoms with van der Waals surface area (Å²) in [5.41, 5.74) is 1.59. The van der Waals surface area contributed by atoms with E-state index in [0.717, 1.165) is 22.2 Å². The van der Waals surface area contributed by atoms with Crippen molar-refractivity contribution in [3.63, 3.8) is 0 Å². The predicted molar refractivity (Wildman–Crippen MR) is 141 cm³/mol. The summed E-state index contributed by atoms with van der Waals surface area (Å²) in [4.78, 5) is 40.8. The third-order valence-corrected chi connectivity index (χ3v) is 7.21.